The predicted molar refractivity (Wildman–Crippen MR) is 71.5 cm³/mol. The van der Waals surface area contributed by atoms with Gasteiger partial charge >= 0.3 is 0 Å². The van der Waals surface area contributed by atoms with Crippen LogP contribution in [0.5, 0.6) is 0 Å². The van der Waals surface area contributed by atoms with E-state index in [0.29, 0.717) is 12.1 Å². The molecular weight excluding hydrogens is 234 g/mol. The van der Waals surface area contributed by atoms with Crippen LogP contribution in [-0.2, 0) is 11.3 Å². The van der Waals surface area contributed by atoms with E-state index in [4.69, 9.17) is 16.3 Å². The van der Waals surface area contributed by atoms with E-state index >= 15 is 0 Å². The Kier molecular flexibility index (Phi) is 4.43. The molecule has 1 fully saturated rings. The van der Waals surface area contributed by atoms with Crippen molar-refractivity contribution in [2.75, 3.05) is 7.11 Å². The Morgan fingerprint density at radius 2 is 2.24 bits per heavy atom. The van der Waals surface area contributed by atoms with E-state index in [9.17, 15) is 0 Å². The molecule has 17 heavy (non-hydrogen) atoms. The number of halogens is 1. The highest BCUT2D eigenvalue weighted by Crippen LogP contribution is 2.23. The van der Waals surface area contributed by atoms with Crippen LogP contribution in [0.25, 0.3) is 0 Å². The molecule has 3 heteroatoms. The number of nitrogens with one attached hydrogen (secondary N) is 1. The smallest absolute Gasteiger partial charge is 0.0724 e. The molecule has 94 valence electrons. The molecule has 0 amide bonds. The fourth-order valence-electron chi connectivity index (χ4n) is 2.48. The lowest BCUT2D eigenvalue weighted by atomic mass is 10.1. The highest BCUT2D eigenvalue weighted by atomic mass is 35.5. The molecule has 2 unspecified atom stereocenters. The number of rotatable bonds is 4. The van der Waals surface area contributed by atoms with E-state index in [1.807, 2.05) is 6.07 Å². The van der Waals surface area contributed by atoms with Gasteiger partial charge in [0.2, 0.25) is 0 Å². The minimum Gasteiger partial charge on any atom is -0.380 e. The number of hydrogen-bond acceptors (Lipinski definition) is 2. The normalized spacial score (nSPS) is 24.2. The first kappa shape index (κ1) is 12.9. The van der Waals surface area contributed by atoms with E-state index < -0.39 is 0 Å². The summed E-state index contributed by atoms with van der Waals surface area (Å²) in [7, 11) is 1.80. The summed E-state index contributed by atoms with van der Waals surface area (Å²) in [6, 6.07) is 6.69. The molecule has 1 aliphatic rings. The van der Waals surface area contributed by atoms with Crippen LogP contribution >= 0.6 is 11.6 Å². The van der Waals surface area contributed by atoms with Gasteiger partial charge in [0.15, 0.2) is 0 Å². The van der Waals surface area contributed by atoms with E-state index in [2.05, 4.69) is 24.4 Å². The minimum absolute atomic E-state index is 0.360. The largest absolute Gasteiger partial charge is 0.380 e. The Labute approximate surface area is 108 Å². The van der Waals surface area contributed by atoms with Crippen LogP contribution in [0.4, 0.5) is 0 Å². The van der Waals surface area contributed by atoms with Gasteiger partial charge in [-0.3, -0.25) is 0 Å². The minimum atomic E-state index is 0.360. The van der Waals surface area contributed by atoms with Crippen LogP contribution in [0.15, 0.2) is 18.2 Å². The summed E-state index contributed by atoms with van der Waals surface area (Å²) >= 11 is 6.21. The van der Waals surface area contributed by atoms with E-state index in [1.165, 1.54) is 24.0 Å². The van der Waals surface area contributed by atoms with Gasteiger partial charge in [0, 0.05) is 24.7 Å². The molecule has 2 atom stereocenters. The molecule has 0 bridgehead atoms. The third kappa shape index (κ3) is 3.21. The molecule has 0 saturated heterocycles. The SMILES string of the molecule is COC1CCCC1NCc1ccc(C)cc1Cl. The molecule has 1 aromatic rings. The fourth-order valence-corrected chi connectivity index (χ4v) is 2.78. The van der Waals surface area contributed by atoms with Crippen molar-refractivity contribution in [1.82, 2.24) is 5.32 Å². The lowest BCUT2D eigenvalue weighted by Gasteiger charge is -2.20. The average Bonchev–Trinajstić information content (AvgIpc) is 2.75. The van der Waals surface area contributed by atoms with E-state index in [1.54, 1.807) is 7.11 Å². The summed E-state index contributed by atoms with van der Waals surface area (Å²) in [5.74, 6) is 0. The molecule has 0 radical (unpaired) electrons. The molecule has 0 aromatic heterocycles. The molecule has 1 saturated carbocycles. The van der Waals surface area contributed by atoms with Crippen molar-refractivity contribution < 1.29 is 4.74 Å². The van der Waals surface area contributed by atoms with Crippen LogP contribution in [0.2, 0.25) is 5.02 Å². The zero-order chi connectivity index (χ0) is 12.3. The van der Waals surface area contributed by atoms with Gasteiger partial charge in [0.1, 0.15) is 0 Å². The Bertz CT molecular complexity index is 380. The maximum absolute atomic E-state index is 6.21. The van der Waals surface area contributed by atoms with Crippen molar-refractivity contribution in [2.24, 2.45) is 0 Å². The van der Waals surface area contributed by atoms with Crippen molar-refractivity contribution in [3.63, 3.8) is 0 Å². The van der Waals surface area contributed by atoms with Gasteiger partial charge in [-0.1, -0.05) is 23.7 Å². The lowest BCUT2D eigenvalue weighted by Crippen LogP contribution is -2.36. The molecule has 2 rings (SSSR count). The quantitative estimate of drug-likeness (QED) is 0.889. The Balaban J connectivity index is 1.93. The molecule has 1 aromatic carbocycles. The number of hydrogen-bond donors (Lipinski definition) is 1. The van der Waals surface area contributed by atoms with Gasteiger partial charge in [0.25, 0.3) is 0 Å². The van der Waals surface area contributed by atoms with Crippen LogP contribution in [0, 0.1) is 6.92 Å². The van der Waals surface area contributed by atoms with Gasteiger partial charge < -0.3 is 10.1 Å². The standard InChI is InChI=1S/C14H20ClNO/c1-10-6-7-11(12(15)8-10)9-16-13-4-3-5-14(13)17-2/h6-8,13-14,16H,3-5,9H2,1-2H3. The predicted octanol–water partition coefficient (Wildman–Crippen LogP) is 3.31. The van der Waals surface area contributed by atoms with Crippen LogP contribution in [-0.4, -0.2) is 19.3 Å². The van der Waals surface area contributed by atoms with Crippen molar-refractivity contribution in [3.05, 3.63) is 34.3 Å². The summed E-state index contributed by atoms with van der Waals surface area (Å²) in [5, 5.41) is 4.40. The molecular formula is C14H20ClNO. The maximum atomic E-state index is 6.21. The zero-order valence-electron chi connectivity index (χ0n) is 10.5. The summed E-state index contributed by atoms with van der Waals surface area (Å²) in [6.45, 7) is 2.88. The van der Waals surface area contributed by atoms with Crippen LogP contribution in [0.1, 0.15) is 30.4 Å². The van der Waals surface area contributed by atoms with Crippen molar-refractivity contribution in [2.45, 2.75) is 44.9 Å². The van der Waals surface area contributed by atoms with Gasteiger partial charge in [-0.15, -0.1) is 0 Å². The third-order valence-electron chi connectivity index (χ3n) is 3.52. The first-order valence-corrected chi connectivity index (χ1v) is 6.59. The van der Waals surface area contributed by atoms with Gasteiger partial charge in [0.05, 0.1) is 6.10 Å². The van der Waals surface area contributed by atoms with Crippen LogP contribution in [0.3, 0.4) is 0 Å². The van der Waals surface area contributed by atoms with Crippen molar-refractivity contribution >= 4 is 11.6 Å². The van der Waals surface area contributed by atoms with E-state index in [-0.39, 0.29) is 0 Å². The molecule has 0 aliphatic heterocycles. The lowest BCUT2D eigenvalue weighted by molar-refractivity contribution is 0.0847. The maximum Gasteiger partial charge on any atom is 0.0724 e. The zero-order valence-corrected chi connectivity index (χ0v) is 11.3. The first-order valence-electron chi connectivity index (χ1n) is 6.22. The van der Waals surface area contributed by atoms with E-state index in [0.717, 1.165) is 18.0 Å². The summed E-state index contributed by atoms with van der Waals surface area (Å²) in [6.07, 6.45) is 3.97. The molecule has 1 aliphatic carbocycles. The van der Waals surface area contributed by atoms with Gasteiger partial charge in [-0.2, -0.15) is 0 Å². The topological polar surface area (TPSA) is 21.3 Å². The van der Waals surface area contributed by atoms with Crippen molar-refractivity contribution in [3.8, 4) is 0 Å². The van der Waals surface area contributed by atoms with Crippen molar-refractivity contribution in [1.29, 1.82) is 0 Å². The summed E-state index contributed by atoms with van der Waals surface area (Å²) < 4.78 is 5.47. The number of benzene rings is 1. The molecule has 1 N–H and O–H groups in total. The number of ether oxygens (including phenoxy) is 1. The average molecular weight is 254 g/mol. The molecule has 0 heterocycles. The Hall–Kier alpha value is -0.570. The molecule has 2 nitrogen and oxygen atoms in total. The number of methoxy groups -OCH3 is 1. The molecule has 0 spiro atoms. The second-order valence-corrected chi connectivity index (χ2v) is 5.19. The Morgan fingerprint density at radius 1 is 1.41 bits per heavy atom. The highest BCUT2D eigenvalue weighted by Gasteiger charge is 2.26. The summed E-state index contributed by atoms with van der Waals surface area (Å²) in [4.78, 5) is 0. The second kappa shape index (κ2) is 5.85. The van der Waals surface area contributed by atoms with Gasteiger partial charge in [-0.05, 0) is 43.4 Å². The Morgan fingerprint density at radius 3 is 2.94 bits per heavy atom. The third-order valence-corrected chi connectivity index (χ3v) is 3.87. The number of aryl methyl sites for hydroxylation is 1. The van der Waals surface area contributed by atoms with Gasteiger partial charge in [-0.25, -0.2) is 0 Å². The fraction of sp³-hybridized carbons (Fsp3) is 0.571. The first-order chi connectivity index (χ1) is 8.20. The monoisotopic (exact) mass is 253 g/mol. The summed E-state index contributed by atoms with van der Waals surface area (Å²) in [5.41, 5.74) is 2.37. The second-order valence-electron chi connectivity index (χ2n) is 4.79. The highest BCUT2D eigenvalue weighted by molar-refractivity contribution is 6.31. The van der Waals surface area contributed by atoms with Crippen LogP contribution < -0.4 is 5.32 Å².